The van der Waals surface area contributed by atoms with Crippen LogP contribution < -0.4 is 10.6 Å². The molecule has 0 unspecified atom stereocenters. The summed E-state index contributed by atoms with van der Waals surface area (Å²) in [5, 5.41) is 10.9. The van der Waals surface area contributed by atoms with Gasteiger partial charge in [0.15, 0.2) is 0 Å². The molecule has 0 aliphatic carbocycles. The second-order valence-corrected chi connectivity index (χ2v) is 5.43. The summed E-state index contributed by atoms with van der Waals surface area (Å²) in [6.45, 7) is 5.11. The third-order valence-electron chi connectivity index (χ3n) is 3.89. The van der Waals surface area contributed by atoms with Crippen molar-refractivity contribution in [1.29, 1.82) is 0 Å². The number of benzene rings is 1. The number of rotatable bonds is 6. The van der Waals surface area contributed by atoms with Crippen LogP contribution in [0.5, 0.6) is 0 Å². The second kappa shape index (κ2) is 7.38. The molecular formula is C15H23N3O3. The Kier molecular flexibility index (Phi) is 5.52. The van der Waals surface area contributed by atoms with Gasteiger partial charge in [0.25, 0.3) is 5.69 Å². The molecule has 0 amide bonds. The van der Waals surface area contributed by atoms with Crippen molar-refractivity contribution in [2.24, 2.45) is 5.73 Å². The van der Waals surface area contributed by atoms with Crippen LogP contribution in [-0.2, 0) is 4.74 Å². The number of nitro benzene ring substituents is 1. The lowest BCUT2D eigenvalue weighted by atomic mass is 10.0. The van der Waals surface area contributed by atoms with Crippen LogP contribution in [0.15, 0.2) is 18.2 Å². The highest BCUT2D eigenvalue weighted by molar-refractivity contribution is 5.58. The van der Waals surface area contributed by atoms with Crippen molar-refractivity contribution in [2.75, 3.05) is 31.1 Å². The van der Waals surface area contributed by atoms with Crippen molar-refractivity contribution in [2.45, 2.75) is 32.3 Å². The maximum Gasteiger partial charge on any atom is 0.271 e. The zero-order chi connectivity index (χ0) is 15.2. The topological polar surface area (TPSA) is 81.6 Å². The Labute approximate surface area is 125 Å². The lowest BCUT2D eigenvalue weighted by Crippen LogP contribution is -2.37. The van der Waals surface area contributed by atoms with E-state index in [1.165, 1.54) is 0 Å². The summed E-state index contributed by atoms with van der Waals surface area (Å²) in [6.07, 6.45) is 3.08. The SMILES string of the molecule is Cc1ccc([N+](=O)[O-])cc1N1CCC(OCCCN)CC1. The summed E-state index contributed by atoms with van der Waals surface area (Å²) >= 11 is 0. The minimum Gasteiger partial charge on any atom is -0.378 e. The van der Waals surface area contributed by atoms with Gasteiger partial charge in [-0.3, -0.25) is 10.1 Å². The van der Waals surface area contributed by atoms with Crippen LogP contribution >= 0.6 is 0 Å². The number of piperidine rings is 1. The van der Waals surface area contributed by atoms with Crippen LogP contribution in [0, 0.1) is 17.0 Å². The summed E-state index contributed by atoms with van der Waals surface area (Å²) in [7, 11) is 0. The number of ether oxygens (including phenoxy) is 1. The molecule has 0 radical (unpaired) electrons. The van der Waals surface area contributed by atoms with Gasteiger partial charge in [-0.25, -0.2) is 0 Å². The number of nitro groups is 1. The van der Waals surface area contributed by atoms with Crippen molar-refractivity contribution in [1.82, 2.24) is 0 Å². The minimum absolute atomic E-state index is 0.150. The van der Waals surface area contributed by atoms with Gasteiger partial charge in [-0.15, -0.1) is 0 Å². The summed E-state index contributed by atoms with van der Waals surface area (Å²) < 4.78 is 5.78. The summed E-state index contributed by atoms with van der Waals surface area (Å²) in [5.74, 6) is 0. The van der Waals surface area contributed by atoms with E-state index in [0.29, 0.717) is 6.54 Å². The number of nitrogens with zero attached hydrogens (tertiary/aromatic N) is 2. The first-order valence-electron chi connectivity index (χ1n) is 7.43. The summed E-state index contributed by atoms with van der Waals surface area (Å²) in [6, 6.07) is 5.05. The van der Waals surface area contributed by atoms with E-state index in [0.717, 1.165) is 50.2 Å². The van der Waals surface area contributed by atoms with Gasteiger partial charge in [0.05, 0.1) is 11.0 Å². The fourth-order valence-corrected chi connectivity index (χ4v) is 2.65. The number of hydrogen-bond acceptors (Lipinski definition) is 5. The maximum absolute atomic E-state index is 10.9. The zero-order valence-corrected chi connectivity index (χ0v) is 12.5. The number of non-ortho nitro benzene ring substituents is 1. The molecule has 1 fully saturated rings. The molecule has 0 saturated carbocycles. The molecule has 2 N–H and O–H groups in total. The molecule has 1 heterocycles. The molecule has 1 aliphatic rings. The number of anilines is 1. The Morgan fingerprint density at radius 3 is 2.76 bits per heavy atom. The average Bonchev–Trinajstić information content (AvgIpc) is 2.48. The van der Waals surface area contributed by atoms with E-state index in [4.69, 9.17) is 10.5 Å². The van der Waals surface area contributed by atoms with E-state index < -0.39 is 0 Å². The Balaban J connectivity index is 1.95. The fraction of sp³-hybridized carbons (Fsp3) is 0.600. The molecule has 6 heteroatoms. The van der Waals surface area contributed by atoms with Crippen LogP contribution in [0.2, 0.25) is 0 Å². The van der Waals surface area contributed by atoms with Crippen LogP contribution in [0.25, 0.3) is 0 Å². The molecule has 1 aliphatic heterocycles. The van der Waals surface area contributed by atoms with Gasteiger partial charge < -0.3 is 15.4 Å². The summed E-state index contributed by atoms with van der Waals surface area (Å²) in [5.41, 5.74) is 7.64. The molecule has 1 aromatic carbocycles. The predicted octanol–water partition coefficient (Wildman–Crippen LogP) is 2.24. The molecule has 0 atom stereocenters. The maximum atomic E-state index is 10.9. The second-order valence-electron chi connectivity index (χ2n) is 5.43. The van der Waals surface area contributed by atoms with Crippen molar-refractivity contribution in [3.8, 4) is 0 Å². The molecule has 1 aromatic rings. The lowest BCUT2D eigenvalue weighted by Gasteiger charge is -2.34. The van der Waals surface area contributed by atoms with Gasteiger partial charge in [0, 0.05) is 37.5 Å². The number of hydrogen-bond donors (Lipinski definition) is 1. The number of nitrogens with two attached hydrogens (primary N) is 1. The Hall–Kier alpha value is -1.66. The zero-order valence-electron chi connectivity index (χ0n) is 12.5. The first-order chi connectivity index (χ1) is 10.1. The van der Waals surface area contributed by atoms with E-state index in [2.05, 4.69) is 4.90 Å². The van der Waals surface area contributed by atoms with Gasteiger partial charge >= 0.3 is 0 Å². The van der Waals surface area contributed by atoms with Gasteiger partial charge in [0.2, 0.25) is 0 Å². The van der Waals surface area contributed by atoms with E-state index in [1.54, 1.807) is 12.1 Å². The van der Waals surface area contributed by atoms with E-state index in [1.807, 2.05) is 13.0 Å². The molecular weight excluding hydrogens is 270 g/mol. The monoisotopic (exact) mass is 293 g/mol. The van der Waals surface area contributed by atoms with E-state index >= 15 is 0 Å². The highest BCUT2D eigenvalue weighted by atomic mass is 16.6. The molecule has 0 spiro atoms. The first-order valence-corrected chi connectivity index (χ1v) is 7.43. The van der Waals surface area contributed by atoms with Crippen molar-refractivity contribution >= 4 is 11.4 Å². The van der Waals surface area contributed by atoms with Gasteiger partial charge in [-0.2, -0.15) is 0 Å². The van der Waals surface area contributed by atoms with Crippen LogP contribution in [-0.4, -0.2) is 37.3 Å². The minimum atomic E-state index is -0.342. The smallest absolute Gasteiger partial charge is 0.271 e. The Morgan fingerprint density at radius 1 is 1.43 bits per heavy atom. The lowest BCUT2D eigenvalue weighted by molar-refractivity contribution is -0.384. The Bertz CT molecular complexity index is 485. The number of aryl methyl sites for hydroxylation is 1. The largest absolute Gasteiger partial charge is 0.378 e. The third-order valence-corrected chi connectivity index (χ3v) is 3.89. The summed E-state index contributed by atoms with van der Waals surface area (Å²) in [4.78, 5) is 12.8. The van der Waals surface area contributed by atoms with Crippen molar-refractivity contribution < 1.29 is 9.66 Å². The standard InChI is InChI=1S/C15H23N3O3/c1-12-3-4-13(18(19)20)11-15(12)17-8-5-14(6-9-17)21-10-2-7-16/h3-4,11,14H,2,5-10,16H2,1H3. The fourth-order valence-electron chi connectivity index (χ4n) is 2.65. The quantitative estimate of drug-likeness (QED) is 0.494. The molecule has 2 rings (SSSR count). The van der Waals surface area contributed by atoms with E-state index in [-0.39, 0.29) is 16.7 Å². The van der Waals surface area contributed by atoms with Crippen molar-refractivity contribution in [3.05, 3.63) is 33.9 Å². The molecule has 6 nitrogen and oxygen atoms in total. The highest BCUT2D eigenvalue weighted by Crippen LogP contribution is 2.28. The Morgan fingerprint density at radius 2 is 2.14 bits per heavy atom. The molecule has 1 saturated heterocycles. The van der Waals surface area contributed by atoms with Gasteiger partial charge in [-0.05, 0) is 38.3 Å². The first kappa shape index (κ1) is 15.7. The van der Waals surface area contributed by atoms with Crippen LogP contribution in [0.3, 0.4) is 0 Å². The molecule has 0 aromatic heterocycles. The van der Waals surface area contributed by atoms with Gasteiger partial charge in [0.1, 0.15) is 0 Å². The average molecular weight is 293 g/mol. The van der Waals surface area contributed by atoms with Gasteiger partial charge in [-0.1, -0.05) is 6.07 Å². The van der Waals surface area contributed by atoms with Crippen LogP contribution in [0.1, 0.15) is 24.8 Å². The third kappa shape index (κ3) is 4.15. The highest BCUT2D eigenvalue weighted by Gasteiger charge is 2.22. The van der Waals surface area contributed by atoms with Crippen molar-refractivity contribution in [3.63, 3.8) is 0 Å². The molecule has 0 bridgehead atoms. The molecule has 116 valence electrons. The van der Waals surface area contributed by atoms with Crippen LogP contribution in [0.4, 0.5) is 11.4 Å². The van der Waals surface area contributed by atoms with E-state index in [9.17, 15) is 10.1 Å². The molecule has 21 heavy (non-hydrogen) atoms. The predicted molar refractivity (Wildman–Crippen MR) is 82.7 cm³/mol. The normalized spacial score (nSPS) is 16.2.